The molecule has 3 aromatic rings. The van der Waals surface area contributed by atoms with Crippen molar-refractivity contribution in [1.82, 2.24) is 14.5 Å². The van der Waals surface area contributed by atoms with Gasteiger partial charge in [0, 0.05) is 45.5 Å². The highest BCUT2D eigenvalue weighted by atomic mass is 35.5. The van der Waals surface area contributed by atoms with E-state index in [2.05, 4.69) is 26.6 Å². The summed E-state index contributed by atoms with van der Waals surface area (Å²) in [5.74, 6) is 3.04. The molecule has 1 aromatic heterocycles. The summed E-state index contributed by atoms with van der Waals surface area (Å²) in [7, 11) is 0. The maximum atomic E-state index is 13.4. The molecule has 5 nitrogen and oxygen atoms in total. The summed E-state index contributed by atoms with van der Waals surface area (Å²) in [5, 5.41) is 1.19. The summed E-state index contributed by atoms with van der Waals surface area (Å²) < 4.78 is 28.2. The molecule has 0 N–H and O–H groups in total. The van der Waals surface area contributed by atoms with Crippen molar-refractivity contribution in [3.05, 3.63) is 75.8 Å². The van der Waals surface area contributed by atoms with Crippen molar-refractivity contribution in [1.29, 1.82) is 0 Å². The number of alkyl halides is 1. The number of hydrogen-bond acceptors (Lipinski definition) is 4. The molecule has 0 unspecified atom stereocenters. The van der Waals surface area contributed by atoms with Crippen LogP contribution in [0, 0.1) is 5.41 Å². The molecule has 6 rings (SSSR count). The van der Waals surface area contributed by atoms with Crippen LogP contribution in [0.5, 0.6) is 11.5 Å². The minimum absolute atomic E-state index is 0.148. The largest absolute Gasteiger partial charge is 0.485 e. The van der Waals surface area contributed by atoms with Crippen molar-refractivity contribution in [3.63, 3.8) is 0 Å². The SMILES string of the molecule is FCC1(Cn2ccnc2CN2CCC(c3cccc4c3O[C@@H](c3ccc(Cl)cc3Cl)CO4)CC2)CC1. The van der Waals surface area contributed by atoms with Gasteiger partial charge in [-0.25, -0.2) is 4.98 Å². The van der Waals surface area contributed by atoms with Gasteiger partial charge in [-0.2, -0.15) is 0 Å². The molecule has 3 heterocycles. The Labute approximate surface area is 221 Å². The first kappa shape index (κ1) is 24.1. The topological polar surface area (TPSA) is 39.5 Å². The third-order valence-corrected chi connectivity index (χ3v) is 8.47. The van der Waals surface area contributed by atoms with Crippen molar-refractivity contribution >= 4 is 23.2 Å². The first-order chi connectivity index (χ1) is 17.5. The molecule has 1 aliphatic carbocycles. The zero-order valence-electron chi connectivity index (χ0n) is 20.1. The molecular weight excluding hydrogens is 500 g/mol. The Morgan fingerprint density at radius 2 is 1.92 bits per heavy atom. The van der Waals surface area contributed by atoms with Gasteiger partial charge < -0.3 is 14.0 Å². The Kier molecular flexibility index (Phi) is 6.61. The van der Waals surface area contributed by atoms with Gasteiger partial charge in [-0.1, -0.05) is 41.4 Å². The van der Waals surface area contributed by atoms with Crippen molar-refractivity contribution in [2.45, 2.75) is 50.8 Å². The Morgan fingerprint density at radius 3 is 2.67 bits per heavy atom. The lowest BCUT2D eigenvalue weighted by Gasteiger charge is -2.35. The van der Waals surface area contributed by atoms with E-state index in [0.717, 1.165) is 74.7 Å². The van der Waals surface area contributed by atoms with Gasteiger partial charge in [0.25, 0.3) is 0 Å². The van der Waals surface area contributed by atoms with Gasteiger partial charge in [-0.3, -0.25) is 9.29 Å². The quantitative estimate of drug-likeness (QED) is 0.336. The van der Waals surface area contributed by atoms with Crippen molar-refractivity contribution in [3.8, 4) is 11.5 Å². The van der Waals surface area contributed by atoms with Crippen LogP contribution >= 0.6 is 23.2 Å². The van der Waals surface area contributed by atoms with Crippen LogP contribution in [0.15, 0.2) is 48.8 Å². The highest BCUT2D eigenvalue weighted by molar-refractivity contribution is 6.35. The predicted octanol–water partition coefficient (Wildman–Crippen LogP) is 6.83. The minimum Gasteiger partial charge on any atom is -0.485 e. The monoisotopic (exact) mass is 529 g/mol. The maximum Gasteiger partial charge on any atom is 0.165 e. The zero-order valence-corrected chi connectivity index (χ0v) is 21.6. The van der Waals surface area contributed by atoms with Crippen LogP contribution in [0.4, 0.5) is 4.39 Å². The van der Waals surface area contributed by atoms with Crippen LogP contribution in [0.1, 0.15) is 54.7 Å². The number of piperidine rings is 1. The highest BCUT2D eigenvalue weighted by Gasteiger charge is 2.43. The second-order valence-corrected chi connectivity index (χ2v) is 11.3. The maximum absolute atomic E-state index is 13.4. The molecule has 0 amide bonds. The van der Waals surface area contributed by atoms with E-state index >= 15 is 0 Å². The number of imidazole rings is 1. The number of rotatable bonds is 7. The number of fused-ring (bicyclic) bond motifs is 1. The number of likely N-dealkylation sites (tertiary alicyclic amines) is 1. The second kappa shape index (κ2) is 9.88. The number of para-hydroxylation sites is 1. The summed E-state index contributed by atoms with van der Waals surface area (Å²) in [4.78, 5) is 7.04. The number of ether oxygens (including phenoxy) is 2. The van der Waals surface area contributed by atoms with Crippen LogP contribution in [0.3, 0.4) is 0 Å². The summed E-state index contributed by atoms with van der Waals surface area (Å²) in [6, 6.07) is 11.7. The lowest BCUT2D eigenvalue weighted by Crippen LogP contribution is -2.34. The Hall–Kier alpha value is -2.28. The minimum atomic E-state index is -0.276. The van der Waals surface area contributed by atoms with Gasteiger partial charge in [0.05, 0.1) is 13.2 Å². The van der Waals surface area contributed by atoms with Gasteiger partial charge in [-0.05, 0) is 62.9 Å². The number of benzene rings is 2. The van der Waals surface area contributed by atoms with Crippen molar-refractivity contribution in [2.24, 2.45) is 5.41 Å². The molecule has 0 bridgehead atoms. The smallest absolute Gasteiger partial charge is 0.165 e. The van der Waals surface area contributed by atoms with E-state index in [1.165, 1.54) is 5.56 Å². The molecule has 3 aliphatic rings. The molecule has 2 aliphatic heterocycles. The van der Waals surface area contributed by atoms with Gasteiger partial charge in [-0.15, -0.1) is 0 Å². The molecule has 190 valence electrons. The first-order valence-electron chi connectivity index (χ1n) is 12.7. The van der Waals surface area contributed by atoms with E-state index in [9.17, 15) is 4.39 Å². The summed E-state index contributed by atoms with van der Waals surface area (Å²) >= 11 is 12.5. The molecule has 1 saturated heterocycles. The molecule has 0 radical (unpaired) electrons. The molecule has 2 fully saturated rings. The number of hydrogen-bond donors (Lipinski definition) is 0. The van der Waals surface area contributed by atoms with E-state index in [4.69, 9.17) is 32.7 Å². The van der Waals surface area contributed by atoms with Crippen LogP contribution < -0.4 is 9.47 Å². The summed E-state index contributed by atoms with van der Waals surface area (Å²) in [6.07, 6.45) is 7.57. The highest BCUT2D eigenvalue weighted by Crippen LogP contribution is 2.48. The fourth-order valence-corrected chi connectivity index (χ4v) is 5.99. The zero-order chi connectivity index (χ0) is 24.7. The van der Waals surface area contributed by atoms with Crippen molar-refractivity contribution < 1.29 is 13.9 Å². The Balaban J connectivity index is 1.12. The predicted molar refractivity (Wildman–Crippen MR) is 139 cm³/mol. The molecule has 36 heavy (non-hydrogen) atoms. The molecule has 0 spiro atoms. The van der Waals surface area contributed by atoms with E-state index < -0.39 is 0 Å². The third kappa shape index (κ3) is 4.83. The lowest BCUT2D eigenvalue weighted by molar-refractivity contribution is 0.0883. The Morgan fingerprint density at radius 1 is 1.08 bits per heavy atom. The van der Waals surface area contributed by atoms with Crippen LogP contribution in [0.2, 0.25) is 10.0 Å². The average molecular weight is 530 g/mol. The average Bonchev–Trinajstić information content (AvgIpc) is 3.55. The van der Waals surface area contributed by atoms with Crippen LogP contribution in [-0.4, -0.2) is 40.8 Å². The second-order valence-electron chi connectivity index (χ2n) is 10.4. The van der Waals surface area contributed by atoms with E-state index in [1.807, 2.05) is 30.6 Å². The van der Waals surface area contributed by atoms with Crippen LogP contribution in [0.25, 0.3) is 0 Å². The van der Waals surface area contributed by atoms with Crippen molar-refractivity contribution in [2.75, 3.05) is 26.4 Å². The van der Waals surface area contributed by atoms with Gasteiger partial charge >= 0.3 is 0 Å². The number of aromatic nitrogens is 2. The summed E-state index contributed by atoms with van der Waals surface area (Å²) in [5.41, 5.74) is 1.93. The van der Waals surface area contributed by atoms with Gasteiger partial charge in [0.1, 0.15) is 12.4 Å². The normalized spacial score (nSPS) is 21.5. The standard InChI is InChI=1S/C28H30Cl2FN3O2/c29-20-4-5-22(23(30)14-20)25-16-35-24-3-1-2-21(27(24)36-25)19-6-11-33(12-7-19)15-26-32-10-13-34(26)18-28(17-31)8-9-28/h1-5,10,13-14,19,25H,6-9,11-12,15-18H2/t25-/m1/s1. The fourth-order valence-electron chi connectivity index (χ4n) is 5.46. The van der Waals surface area contributed by atoms with Crippen LogP contribution in [-0.2, 0) is 13.1 Å². The van der Waals surface area contributed by atoms with E-state index in [1.54, 1.807) is 6.07 Å². The number of nitrogens with zero attached hydrogens (tertiary/aromatic N) is 3. The third-order valence-electron chi connectivity index (χ3n) is 7.91. The van der Waals surface area contributed by atoms with Gasteiger partial charge in [0.2, 0.25) is 0 Å². The molecule has 1 saturated carbocycles. The first-order valence-corrected chi connectivity index (χ1v) is 13.4. The summed E-state index contributed by atoms with van der Waals surface area (Å²) in [6.45, 7) is 3.65. The fraction of sp³-hybridized carbons (Fsp3) is 0.464. The van der Waals surface area contributed by atoms with E-state index in [-0.39, 0.29) is 18.2 Å². The molecular formula is C28H30Cl2FN3O2. The Bertz CT molecular complexity index is 1240. The molecule has 1 atom stereocenters. The lowest BCUT2D eigenvalue weighted by atomic mass is 9.88. The number of halogens is 3. The molecule has 8 heteroatoms. The van der Waals surface area contributed by atoms with E-state index in [0.29, 0.717) is 22.6 Å². The molecule has 2 aromatic carbocycles. The van der Waals surface area contributed by atoms with Gasteiger partial charge in [0.15, 0.2) is 17.6 Å².